The van der Waals surface area contributed by atoms with E-state index in [1.54, 1.807) is 12.1 Å². The van der Waals surface area contributed by atoms with Crippen LogP contribution in [-0.2, 0) is 0 Å². The van der Waals surface area contributed by atoms with E-state index in [4.69, 9.17) is 11.6 Å². The topological polar surface area (TPSA) is 96.5 Å². The first kappa shape index (κ1) is 13.7. The van der Waals surface area contributed by atoms with Crippen molar-refractivity contribution < 1.29 is 4.79 Å². The first-order valence-electron chi connectivity index (χ1n) is 5.92. The van der Waals surface area contributed by atoms with E-state index in [2.05, 4.69) is 30.9 Å². The summed E-state index contributed by atoms with van der Waals surface area (Å²) in [5, 5.41) is 17.5. The van der Waals surface area contributed by atoms with Gasteiger partial charge in [-0.15, -0.1) is 5.10 Å². The van der Waals surface area contributed by atoms with Gasteiger partial charge in [0.25, 0.3) is 5.91 Å². The van der Waals surface area contributed by atoms with Gasteiger partial charge in [-0.25, -0.2) is 10.1 Å². The molecule has 3 aromatic rings. The van der Waals surface area contributed by atoms with Gasteiger partial charge in [0.05, 0.1) is 5.69 Å². The molecule has 0 saturated carbocycles. The van der Waals surface area contributed by atoms with E-state index in [1.807, 2.05) is 19.1 Å². The van der Waals surface area contributed by atoms with Crippen LogP contribution in [0.4, 0.5) is 5.00 Å². The number of aromatic nitrogens is 5. The molecule has 2 aromatic heterocycles. The van der Waals surface area contributed by atoms with Gasteiger partial charge in [-0.1, -0.05) is 35.1 Å². The Labute approximate surface area is 128 Å². The van der Waals surface area contributed by atoms with Crippen LogP contribution < -0.4 is 5.32 Å². The average Bonchev–Trinajstić information content (AvgIpc) is 3.10. The number of hydrogen-bond acceptors (Lipinski definition) is 6. The number of thiazole rings is 1. The lowest BCUT2D eigenvalue weighted by atomic mass is 10.2. The summed E-state index contributed by atoms with van der Waals surface area (Å²) >= 11 is 7.24. The number of nitrogens with zero attached hydrogens (tertiary/aromatic N) is 4. The lowest BCUT2D eigenvalue weighted by Gasteiger charge is -1.98. The molecule has 21 heavy (non-hydrogen) atoms. The maximum atomic E-state index is 11.9. The van der Waals surface area contributed by atoms with Crippen LogP contribution in [0.15, 0.2) is 24.3 Å². The second kappa shape index (κ2) is 5.58. The fourth-order valence-corrected chi connectivity index (χ4v) is 2.74. The highest BCUT2D eigenvalue weighted by atomic mass is 35.5. The molecule has 0 saturated heterocycles. The van der Waals surface area contributed by atoms with Gasteiger partial charge in [-0.2, -0.15) is 0 Å². The summed E-state index contributed by atoms with van der Waals surface area (Å²) in [7, 11) is 0. The molecule has 9 heteroatoms. The number of tetrazole rings is 1. The molecule has 2 heterocycles. The van der Waals surface area contributed by atoms with Crippen molar-refractivity contribution in [1.82, 2.24) is 25.6 Å². The van der Waals surface area contributed by atoms with Crippen LogP contribution >= 0.6 is 22.9 Å². The molecule has 2 N–H and O–H groups in total. The number of carbonyl (C=O) groups excluding carboxylic acids is 1. The SMILES string of the molecule is Cc1nc(-c2ccc(Cl)cc2)sc1NC(=O)c1nnn[nH]1. The van der Waals surface area contributed by atoms with Crippen molar-refractivity contribution in [3.63, 3.8) is 0 Å². The number of halogens is 1. The molecular formula is C12H9ClN6OS. The number of amides is 1. The van der Waals surface area contributed by atoms with Crippen LogP contribution in [-0.4, -0.2) is 31.5 Å². The molecular weight excluding hydrogens is 312 g/mol. The molecule has 0 atom stereocenters. The van der Waals surface area contributed by atoms with Gasteiger partial charge in [0.2, 0.25) is 5.82 Å². The summed E-state index contributed by atoms with van der Waals surface area (Å²) in [6.07, 6.45) is 0. The molecule has 0 bridgehead atoms. The Morgan fingerprint density at radius 2 is 2.10 bits per heavy atom. The lowest BCUT2D eigenvalue weighted by molar-refractivity contribution is 0.101. The molecule has 0 spiro atoms. The number of anilines is 1. The number of rotatable bonds is 3. The zero-order chi connectivity index (χ0) is 14.8. The van der Waals surface area contributed by atoms with E-state index in [-0.39, 0.29) is 5.82 Å². The highest BCUT2D eigenvalue weighted by Crippen LogP contribution is 2.32. The van der Waals surface area contributed by atoms with Crippen LogP contribution in [0.1, 0.15) is 16.3 Å². The normalized spacial score (nSPS) is 10.6. The van der Waals surface area contributed by atoms with E-state index in [0.717, 1.165) is 16.3 Å². The minimum absolute atomic E-state index is 0.0517. The quantitative estimate of drug-likeness (QED) is 0.773. The zero-order valence-corrected chi connectivity index (χ0v) is 12.4. The third-order valence-corrected chi connectivity index (χ3v) is 4.05. The molecule has 0 unspecified atom stereocenters. The van der Waals surface area contributed by atoms with E-state index < -0.39 is 5.91 Å². The van der Waals surface area contributed by atoms with Crippen LogP contribution in [0.3, 0.4) is 0 Å². The summed E-state index contributed by atoms with van der Waals surface area (Å²) in [5.41, 5.74) is 1.67. The van der Waals surface area contributed by atoms with Crippen LogP contribution in [0.25, 0.3) is 10.6 Å². The summed E-state index contributed by atoms with van der Waals surface area (Å²) in [6, 6.07) is 7.36. The number of H-pyrrole nitrogens is 1. The summed E-state index contributed by atoms with van der Waals surface area (Å²) in [6.45, 7) is 1.82. The number of hydrogen-bond donors (Lipinski definition) is 2. The molecule has 0 aliphatic rings. The van der Waals surface area contributed by atoms with Gasteiger partial charge in [0.1, 0.15) is 10.0 Å². The molecule has 0 radical (unpaired) electrons. The Kier molecular flexibility index (Phi) is 3.63. The Hall–Kier alpha value is -2.32. The van der Waals surface area contributed by atoms with Gasteiger partial charge in [-0.05, 0) is 29.5 Å². The van der Waals surface area contributed by atoms with E-state index in [0.29, 0.717) is 10.0 Å². The minimum Gasteiger partial charge on any atom is -0.309 e. The number of aryl methyl sites for hydroxylation is 1. The fraction of sp³-hybridized carbons (Fsp3) is 0.0833. The molecule has 7 nitrogen and oxygen atoms in total. The standard InChI is InChI=1S/C12H9ClN6OS/c1-6-11(15-10(20)9-16-18-19-17-9)21-12(14-6)7-2-4-8(13)5-3-7/h2-5H,1H3,(H,15,20)(H,16,17,18,19). The Morgan fingerprint density at radius 1 is 1.33 bits per heavy atom. The monoisotopic (exact) mass is 320 g/mol. The molecule has 1 aromatic carbocycles. The lowest BCUT2D eigenvalue weighted by Crippen LogP contribution is -2.13. The van der Waals surface area contributed by atoms with E-state index in [9.17, 15) is 4.79 Å². The molecule has 106 valence electrons. The maximum absolute atomic E-state index is 11.9. The Morgan fingerprint density at radius 3 is 2.76 bits per heavy atom. The first-order chi connectivity index (χ1) is 10.1. The predicted octanol–water partition coefficient (Wildman–Crippen LogP) is 2.54. The smallest absolute Gasteiger partial charge is 0.295 e. The van der Waals surface area contributed by atoms with E-state index >= 15 is 0 Å². The Bertz CT molecular complexity index is 768. The predicted molar refractivity (Wildman–Crippen MR) is 79.4 cm³/mol. The zero-order valence-electron chi connectivity index (χ0n) is 10.8. The van der Waals surface area contributed by atoms with Gasteiger partial charge >= 0.3 is 0 Å². The molecule has 0 aliphatic heterocycles. The first-order valence-corrected chi connectivity index (χ1v) is 7.11. The third kappa shape index (κ3) is 2.91. The minimum atomic E-state index is -0.408. The molecule has 0 fully saturated rings. The van der Waals surface area contributed by atoms with E-state index in [1.165, 1.54) is 11.3 Å². The average molecular weight is 321 g/mol. The van der Waals surface area contributed by atoms with Gasteiger partial charge in [0, 0.05) is 10.6 Å². The van der Waals surface area contributed by atoms with Crippen molar-refractivity contribution in [2.45, 2.75) is 6.92 Å². The van der Waals surface area contributed by atoms with Crippen LogP contribution in [0.2, 0.25) is 5.02 Å². The van der Waals surface area contributed by atoms with Gasteiger partial charge in [0.15, 0.2) is 0 Å². The largest absolute Gasteiger partial charge is 0.309 e. The van der Waals surface area contributed by atoms with Crippen molar-refractivity contribution in [3.05, 3.63) is 40.8 Å². The van der Waals surface area contributed by atoms with Crippen molar-refractivity contribution in [1.29, 1.82) is 0 Å². The van der Waals surface area contributed by atoms with Crippen molar-refractivity contribution in [2.24, 2.45) is 0 Å². The number of benzene rings is 1. The second-order valence-corrected chi connectivity index (χ2v) is 5.58. The fourth-order valence-electron chi connectivity index (χ4n) is 1.65. The van der Waals surface area contributed by atoms with Crippen LogP contribution in [0.5, 0.6) is 0 Å². The van der Waals surface area contributed by atoms with Gasteiger partial charge < -0.3 is 5.32 Å². The maximum Gasteiger partial charge on any atom is 0.295 e. The molecule has 3 rings (SSSR count). The highest BCUT2D eigenvalue weighted by Gasteiger charge is 2.15. The highest BCUT2D eigenvalue weighted by molar-refractivity contribution is 7.19. The number of aromatic amines is 1. The number of nitrogens with one attached hydrogen (secondary N) is 2. The van der Waals surface area contributed by atoms with Gasteiger partial charge in [-0.3, -0.25) is 4.79 Å². The summed E-state index contributed by atoms with van der Waals surface area (Å²) in [4.78, 5) is 16.3. The second-order valence-electron chi connectivity index (χ2n) is 4.14. The van der Waals surface area contributed by atoms with Crippen LogP contribution in [0, 0.1) is 6.92 Å². The summed E-state index contributed by atoms with van der Waals surface area (Å²) < 4.78 is 0. The van der Waals surface area contributed by atoms with Crippen molar-refractivity contribution >= 4 is 33.8 Å². The molecule has 1 amide bonds. The number of carbonyl (C=O) groups is 1. The Balaban J connectivity index is 1.84. The van der Waals surface area contributed by atoms with Crippen molar-refractivity contribution in [2.75, 3.05) is 5.32 Å². The summed E-state index contributed by atoms with van der Waals surface area (Å²) in [5.74, 6) is -0.356. The molecule has 0 aliphatic carbocycles. The third-order valence-electron chi connectivity index (χ3n) is 2.68. The van der Waals surface area contributed by atoms with Crippen molar-refractivity contribution in [3.8, 4) is 10.6 Å².